The molecule has 1 aromatic rings. The number of amides is 2. The number of hydrogen-bond acceptors (Lipinski definition) is 3. The van der Waals surface area contributed by atoms with Crippen molar-refractivity contribution in [1.29, 1.82) is 0 Å². The molecule has 3 rings (SSSR count). The highest BCUT2D eigenvalue weighted by Gasteiger charge is 2.40. The van der Waals surface area contributed by atoms with Gasteiger partial charge in [0, 0.05) is 37.7 Å². The van der Waals surface area contributed by atoms with Gasteiger partial charge in [0.25, 0.3) is 5.91 Å². The maximum absolute atomic E-state index is 11.9. The molecule has 0 aliphatic carbocycles. The molecule has 3 heterocycles. The molecule has 0 aromatic carbocycles. The van der Waals surface area contributed by atoms with E-state index in [4.69, 9.17) is 5.11 Å². The number of likely N-dealkylation sites (tertiary alicyclic amines) is 1. The average Bonchev–Trinajstić information content (AvgIpc) is 2.75. The predicted octanol–water partition coefficient (Wildman–Crippen LogP) is 0.518. The summed E-state index contributed by atoms with van der Waals surface area (Å²) in [6.07, 6.45) is 0.740. The van der Waals surface area contributed by atoms with Crippen LogP contribution in [0.4, 0.5) is 4.79 Å². The summed E-state index contributed by atoms with van der Waals surface area (Å²) < 4.78 is 0. The second kappa shape index (κ2) is 3.97. The monoisotopic (exact) mass is 247 g/mol. The normalized spacial score (nSPS) is 26.0. The molecule has 2 atom stereocenters. The zero-order valence-corrected chi connectivity index (χ0v) is 9.67. The van der Waals surface area contributed by atoms with E-state index in [9.17, 15) is 9.59 Å². The highest BCUT2D eigenvalue weighted by atomic mass is 16.4. The molecule has 0 bridgehead atoms. The smallest absolute Gasteiger partial charge is 0.407 e. The maximum atomic E-state index is 11.9. The number of pyridine rings is 1. The van der Waals surface area contributed by atoms with Crippen LogP contribution in [0.15, 0.2) is 18.3 Å². The Kier molecular flexibility index (Phi) is 2.43. The Morgan fingerprint density at radius 2 is 2.33 bits per heavy atom. The summed E-state index contributed by atoms with van der Waals surface area (Å²) in [6.45, 7) is 1.37. The molecule has 2 amide bonds. The minimum atomic E-state index is -0.910. The Hall–Kier alpha value is -2.11. The first-order chi connectivity index (χ1) is 8.66. The third kappa shape index (κ3) is 1.61. The number of hydrogen-bond donors (Lipinski definition) is 2. The van der Waals surface area contributed by atoms with E-state index in [2.05, 4.69) is 10.3 Å². The Bertz CT molecular complexity index is 517. The van der Waals surface area contributed by atoms with Crippen LogP contribution in [0.2, 0.25) is 0 Å². The average molecular weight is 247 g/mol. The quantitative estimate of drug-likeness (QED) is 0.700. The van der Waals surface area contributed by atoms with E-state index >= 15 is 0 Å². The van der Waals surface area contributed by atoms with Crippen molar-refractivity contribution < 1.29 is 14.7 Å². The fourth-order valence-electron chi connectivity index (χ4n) is 2.77. The second-order valence-electron chi connectivity index (χ2n) is 4.70. The number of rotatable bonds is 0. The molecule has 1 saturated heterocycles. The number of carbonyl (C=O) groups is 2. The number of carbonyl (C=O) groups excluding carboxylic acids is 1. The second-order valence-corrected chi connectivity index (χ2v) is 4.70. The van der Waals surface area contributed by atoms with Crippen molar-refractivity contribution in [1.82, 2.24) is 15.2 Å². The first-order valence-corrected chi connectivity index (χ1v) is 5.88. The van der Waals surface area contributed by atoms with Gasteiger partial charge in [-0.3, -0.25) is 9.78 Å². The molecule has 6 nitrogen and oxygen atoms in total. The fraction of sp³-hybridized carbons (Fsp3) is 0.417. The van der Waals surface area contributed by atoms with Crippen molar-refractivity contribution in [3.63, 3.8) is 0 Å². The van der Waals surface area contributed by atoms with Gasteiger partial charge in [-0.15, -0.1) is 0 Å². The zero-order valence-electron chi connectivity index (χ0n) is 9.67. The van der Waals surface area contributed by atoms with Gasteiger partial charge in [-0.1, -0.05) is 0 Å². The third-order valence-corrected chi connectivity index (χ3v) is 3.67. The molecule has 2 N–H and O–H groups in total. The van der Waals surface area contributed by atoms with Crippen LogP contribution in [0.5, 0.6) is 0 Å². The lowest BCUT2D eigenvalue weighted by Gasteiger charge is -2.14. The van der Waals surface area contributed by atoms with Crippen LogP contribution in [0.1, 0.15) is 22.0 Å². The number of fused-ring (bicyclic) bond motifs is 3. The number of nitrogens with zero attached hydrogens (tertiary/aromatic N) is 2. The Morgan fingerprint density at radius 3 is 3.11 bits per heavy atom. The topological polar surface area (TPSA) is 82.5 Å². The summed E-state index contributed by atoms with van der Waals surface area (Å²) in [6, 6.07) is 3.46. The molecule has 0 spiro atoms. The van der Waals surface area contributed by atoms with E-state index < -0.39 is 6.09 Å². The Morgan fingerprint density at radius 1 is 1.50 bits per heavy atom. The molecule has 6 heteroatoms. The summed E-state index contributed by atoms with van der Waals surface area (Å²) in [4.78, 5) is 28.6. The van der Waals surface area contributed by atoms with Gasteiger partial charge >= 0.3 is 6.09 Å². The van der Waals surface area contributed by atoms with Crippen LogP contribution >= 0.6 is 0 Å². The molecular formula is C12H13N3O3. The van der Waals surface area contributed by atoms with Crippen molar-refractivity contribution >= 4 is 12.0 Å². The third-order valence-electron chi connectivity index (χ3n) is 3.67. The summed E-state index contributed by atoms with van der Waals surface area (Å²) in [7, 11) is 0. The van der Waals surface area contributed by atoms with Crippen molar-refractivity contribution in [3.8, 4) is 0 Å². The summed E-state index contributed by atoms with van der Waals surface area (Å²) in [5, 5.41) is 11.9. The van der Waals surface area contributed by atoms with E-state index in [1.807, 2.05) is 0 Å². The van der Waals surface area contributed by atoms with Gasteiger partial charge in [0.05, 0.1) is 11.3 Å². The number of nitrogens with one attached hydrogen (secondary N) is 1. The van der Waals surface area contributed by atoms with Crippen LogP contribution in [-0.4, -0.2) is 46.6 Å². The first-order valence-electron chi connectivity index (χ1n) is 5.88. The standard InChI is InChI=1S/C12H13N3O3/c16-11-8-2-1-3-13-10(8)9-6-15(12(17)18)5-7(9)4-14-11/h1-3,7,9H,4-6H2,(H,14,16)(H,17,18). The van der Waals surface area contributed by atoms with E-state index in [0.29, 0.717) is 25.2 Å². The van der Waals surface area contributed by atoms with Crippen molar-refractivity contribution in [2.24, 2.45) is 5.92 Å². The summed E-state index contributed by atoms with van der Waals surface area (Å²) in [5.74, 6) is 0.00632. The molecule has 0 saturated carbocycles. The highest BCUT2D eigenvalue weighted by molar-refractivity contribution is 5.95. The molecule has 1 fully saturated rings. The molecular weight excluding hydrogens is 234 g/mol. The molecule has 2 aliphatic rings. The molecule has 2 unspecified atom stereocenters. The van der Waals surface area contributed by atoms with E-state index in [-0.39, 0.29) is 17.7 Å². The molecule has 18 heavy (non-hydrogen) atoms. The van der Waals surface area contributed by atoms with E-state index in [1.54, 1.807) is 18.3 Å². The van der Waals surface area contributed by atoms with Gasteiger partial charge in [0.1, 0.15) is 0 Å². The lowest BCUT2D eigenvalue weighted by Crippen LogP contribution is -2.31. The van der Waals surface area contributed by atoms with Crippen molar-refractivity contribution in [2.75, 3.05) is 19.6 Å². The van der Waals surface area contributed by atoms with Gasteiger partial charge in [-0.05, 0) is 12.1 Å². The fourth-order valence-corrected chi connectivity index (χ4v) is 2.77. The van der Waals surface area contributed by atoms with Crippen LogP contribution < -0.4 is 5.32 Å². The van der Waals surface area contributed by atoms with Crippen LogP contribution in [0.25, 0.3) is 0 Å². The molecule has 2 aliphatic heterocycles. The van der Waals surface area contributed by atoms with Gasteiger partial charge < -0.3 is 15.3 Å². The summed E-state index contributed by atoms with van der Waals surface area (Å²) in [5.41, 5.74) is 1.29. The van der Waals surface area contributed by atoms with E-state index in [0.717, 1.165) is 5.69 Å². The zero-order chi connectivity index (χ0) is 12.7. The van der Waals surface area contributed by atoms with Gasteiger partial charge in [-0.25, -0.2) is 4.79 Å². The van der Waals surface area contributed by atoms with Crippen molar-refractivity contribution in [2.45, 2.75) is 5.92 Å². The molecule has 1 aromatic heterocycles. The molecule has 94 valence electrons. The molecule has 0 radical (unpaired) electrons. The van der Waals surface area contributed by atoms with Crippen molar-refractivity contribution in [3.05, 3.63) is 29.6 Å². The largest absolute Gasteiger partial charge is 0.465 e. The predicted molar refractivity (Wildman–Crippen MR) is 62.4 cm³/mol. The SMILES string of the molecule is O=C1NCC2CN(C(=O)O)CC2c2ncccc21. The first kappa shape index (κ1) is 11.0. The minimum absolute atomic E-state index is 0.0104. The Balaban J connectivity index is 2.00. The highest BCUT2D eigenvalue weighted by Crippen LogP contribution is 2.34. The maximum Gasteiger partial charge on any atom is 0.407 e. The van der Waals surface area contributed by atoms with Gasteiger partial charge in [0.2, 0.25) is 0 Å². The lowest BCUT2D eigenvalue weighted by molar-refractivity contribution is 0.0951. The minimum Gasteiger partial charge on any atom is -0.465 e. The van der Waals surface area contributed by atoms with E-state index in [1.165, 1.54) is 4.90 Å². The number of carboxylic acid groups (broad SMARTS) is 1. The van der Waals surface area contributed by atoms with Crippen LogP contribution in [-0.2, 0) is 0 Å². The Labute approximate surface area is 104 Å². The number of aromatic nitrogens is 1. The van der Waals surface area contributed by atoms with Crippen LogP contribution in [0.3, 0.4) is 0 Å². The summed E-state index contributed by atoms with van der Waals surface area (Å²) >= 11 is 0. The van der Waals surface area contributed by atoms with Crippen LogP contribution in [0, 0.1) is 5.92 Å². The van der Waals surface area contributed by atoms with Gasteiger partial charge in [0.15, 0.2) is 0 Å². The van der Waals surface area contributed by atoms with Gasteiger partial charge in [-0.2, -0.15) is 0 Å². The lowest BCUT2D eigenvalue weighted by atomic mass is 9.91.